The van der Waals surface area contributed by atoms with E-state index in [0.717, 1.165) is 16.2 Å². The molecule has 2 amide bonds. The second kappa shape index (κ2) is 6.56. The minimum absolute atomic E-state index is 0.280. The molecule has 0 aromatic carbocycles. The Balaban J connectivity index is 1.81. The molecular weight excluding hydrogens is 384 g/mol. The Kier molecular flexibility index (Phi) is 4.21. The fourth-order valence-corrected chi connectivity index (χ4v) is 4.13. The van der Waals surface area contributed by atoms with Crippen molar-refractivity contribution in [2.45, 2.75) is 6.92 Å². The molecule has 0 aliphatic carbocycles. The van der Waals surface area contributed by atoms with Gasteiger partial charge in [0.2, 0.25) is 0 Å². The molecule has 27 heavy (non-hydrogen) atoms. The Morgan fingerprint density at radius 1 is 1.33 bits per heavy atom. The highest BCUT2D eigenvalue weighted by atomic mass is 32.1. The number of pyridine rings is 1. The van der Waals surface area contributed by atoms with Crippen molar-refractivity contribution in [2.75, 3.05) is 5.32 Å². The average Bonchev–Trinajstić information content (AvgIpc) is 3.36. The third-order valence-electron chi connectivity index (χ3n) is 3.96. The maximum absolute atomic E-state index is 13.0. The van der Waals surface area contributed by atoms with Crippen LogP contribution in [0.15, 0.2) is 29.8 Å². The maximum atomic E-state index is 13.0. The summed E-state index contributed by atoms with van der Waals surface area (Å²) in [6.07, 6.45) is 1.34. The summed E-state index contributed by atoms with van der Waals surface area (Å²) < 4.78 is 1.66. The number of carbonyl (C=O) groups excluding carboxylic acids is 2. The minimum Gasteiger partial charge on any atom is -0.365 e. The van der Waals surface area contributed by atoms with Crippen LogP contribution >= 0.6 is 22.7 Å². The molecule has 0 aliphatic rings. The maximum Gasteiger partial charge on any atom is 0.260 e. The van der Waals surface area contributed by atoms with Gasteiger partial charge in [0.25, 0.3) is 11.8 Å². The van der Waals surface area contributed by atoms with Crippen molar-refractivity contribution in [1.29, 1.82) is 0 Å². The first-order valence-electron chi connectivity index (χ1n) is 7.89. The van der Waals surface area contributed by atoms with Crippen LogP contribution in [0.1, 0.15) is 25.7 Å². The molecule has 0 atom stereocenters. The van der Waals surface area contributed by atoms with Crippen molar-refractivity contribution in [3.63, 3.8) is 0 Å². The van der Waals surface area contributed by atoms with Gasteiger partial charge in [-0.3, -0.25) is 19.6 Å². The molecule has 8 nitrogen and oxygen atoms in total. The first kappa shape index (κ1) is 17.3. The summed E-state index contributed by atoms with van der Waals surface area (Å²) in [6.45, 7) is 1.83. The van der Waals surface area contributed by atoms with Crippen molar-refractivity contribution in [3.05, 3.63) is 45.9 Å². The van der Waals surface area contributed by atoms with Gasteiger partial charge in [-0.1, -0.05) is 17.4 Å². The first-order chi connectivity index (χ1) is 12.9. The predicted octanol–water partition coefficient (Wildman–Crippen LogP) is 2.81. The van der Waals surface area contributed by atoms with Crippen LogP contribution in [-0.2, 0) is 7.05 Å². The van der Waals surface area contributed by atoms with E-state index < -0.39 is 5.91 Å². The molecule has 0 spiro atoms. The third kappa shape index (κ3) is 3.09. The number of nitrogens with two attached hydrogens (primary N) is 1. The summed E-state index contributed by atoms with van der Waals surface area (Å²) in [5.41, 5.74) is 7.72. The third-order valence-corrected chi connectivity index (χ3v) is 5.78. The van der Waals surface area contributed by atoms with Crippen LogP contribution in [0, 0.1) is 6.92 Å². The summed E-state index contributed by atoms with van der Waals surface area (Å²) in [4.78, 5) is 34.1. The van der Waals surface area contributed by atoms with Crippen LogP contribution in [0.3, 0.4) is 0 Å². The fraction of sp³-hybridized carbons (Fsp3) is 0.118. The molecule has 4 heterocycles. The van der Waals surface area contributed by atoms with E-state index in [0.29, 0.717) is 33.1 Å². The topological polar surface area (TPSA) is 116 Å². The van der Waals surface area contributed by atoms with Crippen LogP contribution in [0.25, 0.3) is 21.6 Å². The number of hydrogen-bond acceptors (Lipinski definition) is 7. The zero-order chi connectivity index (χ0) is 19.1. The standard InChI is InChI=1S/C17H14N6O2S2/c1-8-13-9(16(25)21-17-19-7-12(27-17)14(18)24)6-10(11-4-3-5-26-11)20-15(13)23(2)22-8/h3-7H,1-2H3,(H2,18,24)(H,19,21,25). The summed E-state index contributed by atoms with van der Waals surface area (Å²) in [5.74, 6) is -0.927. The van der Waals surface area contributed by atoms with Crippen molar-refractivity contribution in [2.24, 2.45) is 12.8 Å². The van der Waals surface area contributed by atoms with Gasteiger partial charge in [0.1, 0.15) is 4.88 Å². The number of carbonyl (C=O) groups is 2. The van der Waals surface area contributed by atoms with E-state index in [1.165, 1.54) is 6.20 Å². The van der Waals surface area contributed by atoms with Gasteiger partial charge in [-0.2, -0.15) is 5.10 Å². The molecule has 0 unspecified atom stereocenters. The second-order valence-electron chi connectivity index (χ2n) is 5.79. The van der Waals surface area contributed by atoms with Gasteiger partial charge >= 0.3 is 0 Å². The zero-order valence-corrected chi connectivity index (χ0v) is 16.0. The molecule has 0 radical (unpaired) electrons. The Morgan fingerprint density at radius 2 is 2.15 bits per heavy atom. The number of nitrogens with one attached hydrogen (secondary N) is 1. The predicted molar refractivity (Wildman–Crippen MR) is 105 cm³/mol. The van der Waals surface area contributed by atoms with E-state index in [-0.39, 0.29) is 10.8 Å². The van der Waals surface area contributed by atoms with Crippen molar-refractivity contribution in [3.8, 4) is 10.6 Å². The molecule has 3 N–H and O–H groups in total. The van der Waals surface area contributed by atoms with Gasteiger partial charge in [-0.25, -0.2) is 9.97 Å². The molecule has 0 aliphatic heterocycles. The molecule has 0 fully saturated rings. The van der Waals surface area contributed by atoms with Crippen molar-refractivity contribution in [1.82, 2.24) is 19.7 Å². The Labute approximate surface area is 161 Å². The highest BCUT2D eigenvalue weighted by Crippen LogP contribution is 2.30. The number of hydrogen-bond donors (Lipinski definition) is 2. The lowest BCUT2D eigenvalue weighted by Gasteiger charge is -2.07. The lowest BCUT2D eigenvalue weighted by Crippen LogP contribution is -2.13. The van der Waals surface area contributed by atoms with E-state index in [1.54, 1.807) is 29.1 Å². The van der Waals surface area contributed by atoms with Crippen LogP contribution in [0.5, 0.6) is 0 Å². The quantitative estimate of drug-likeness (QED) is 0.548. The zero-order valence-electron chi connectivity index (χ0n) is 14.4. The minimum atomic E-state index is -0.581. The number of nitrogens with zero attached hydrogens (tertiary/aromatic N) is 4. The average molecular weight is 398 g/mol. The highest BCUT2D eigenvalue weighted by molar-refractivity contribution is 7.17. The van der Waals surface area contributed by atoms with Crippen molar-refractivity contribution >= 4 is 50.7 Å². The smallest absolute Gasteiger partial charge is 0.260 e. The number of rotatable bonds is 4. The summed E-state index contributed by atoms with van der Waals surface area (Å²) in [6, 6.07) is 5.63. The van der Waals surface area contributed by atoms with Crippen LogP contribution < -0.4 is 11.1 Å². The number of thiazole rings is 1. The summed E-state index contributed by atoms with van der Waals surface area (Å²) in [5, 5.41) is 10.1. The summed E-state index contributed by atoms with van der Waals surface area (Å²) in [7, 11) is 1.79. The molecule has 136 valence electrons. The van der Waals surface area contributed by atoms with E-state index in [2.05, 4.69) is 20.4 Å². The molecule has 0 saturated heterocycles. The first-order valence-corrected chi connectivity index (χ1v) is 9.59. The lowest BCUT2D eigenvalue weighted by molar-refractivity contribution is 0.100. The number of aromatic nitrogens is 4. The van der Waals surface area contributed by atoms with E-state index in [1.807, 2.05) is 24.4 Å². The second-order valence-corrected chi connectivity index (χ2v) is 7.77. The Morgan fingerprint density at radius 3 is 2.81 bits per heavy atom. The van der Waals surface area contributed by atoms with E-state index in [9.17, 15) is 9.59 Å². The van der Waals surface area contributed by atoms with Crippen LogP contribution in [0.4, 0.5) is 5.13 Å². The van der Waals surface area contributed by atoms with Gasteiger partial charge in [-0.05, 0) is 24.4 Å². The fourth-order valence-electron chi connectivity index (χ4n) is 2.78. The van der Waals surface area contributed by atoms with Gasteiger partial charge in [-0.15, -0.1) is 11.3 Å². The van der Waals surface area contributed by atoms with E-state index >= 15 is 0 Å². The number of anilines is 1. The lowest BCUT2D eigenvalue weighted by atomic mass is 10.1. The number of fused-ring (bicyclic) bond motifs is 1. The Bertz CT molecular complexity index is 1180. The van der Waals surface area contributed by atoms with Gasteiger partial charge in [0, 0.05) is 7.05 Å². The normalized spacial score (nSPS) is 11.0. The number of aryl methyl sites for hydroxylation is 2. The van der Waals surface area contributed by atoms with Gasteiger partial charge in [0.15, 0.2) is 10.8 Å². The molecule has 0 saturated carbocycles. The van der Waals surface area contributed by atoms with E-state index in [4.69, 9.17) is 5.73 Å². The Hall–Kier alpha value is -3.11. The van der Waals surface area contributed by atoms with Gasteiger partial charge < -0.3 is 5.73 Å². The molecule has 0 bridgehead atoms. The SMILES string of the molecule is Cc1nn(C)c2nc(-c3cccs3)cc(C(=O)Nc3ncc(C(N)=O)s3)c12. The molecule has 4 aromatic heterocycles. The van der Waals surface area contributed by atoms with Gasteiger partial charge in [0.05, 0.1) is 33.4 Å². The van der Waals surface area contributed by atoms with Crippen molar-refractivity contribution < 1.29 is 9.59 Å². The monoisotopic (exact) mass is 398 g/mol. The summed E-state index contributed by atoms with van der Waals surface area (Å²) >= 11 is 2.57. The molecular formula is C17H14N6O2S2. The molecule has 4 rings (SSSR count). The van der Waals surface area contributed by atoms with Crippen LogP contribution in [-0.4, -0.2) is 31.6 Å². The van der Waals surface area contributed by atoms with Crippen LogP contribution in [0.2, 0.25) is 0 Å². The molecule has 10 heteroatoms. The largest absolute Gasteiger partial charge is 0.365 e. The highest BCUT2D eigenvalue weighted by Gasteiger charge is 2.20. The number of thiophene rings is 1. The molecule has 4 aromatic rings. The number of primary amides is 1. The number of amides is 2.